The van der Waals surface area contributed by atoms with E-state index in [0.717, 1.165) is 55.8 Å². The van der Waals surface area contributed by atoms with Crippen LogP contribution in [0.4, 0.5) is 30.4 Å². The number of likely N-dealkylation sites (N-methyl/N-ethyl adjacent to an activating group) is 1. The molecule has 4 aromatic rings. The number of anilines is 3. The maximum Gasteiger partial charge on any atom is 0.416 e. The van der Waals surface area contributed by atoms with Crippen LogP contribution >= 0.6 is 0 Å². The topological polar surface area (TPSA) is 68.9 Å². The molecule has 0 radical (unpaired) electrons. The van der Waals surface area contributed by atoms with Gasteiger partial charge in [-0.05, 0) is 61.6 Å². The smallest absolute Gasteiger partial charge is 0.416 e. The first kappa shape index (κ1) is 22.0. The first-order valence-corrected chi connectivity index (χ1v) is 10.8. The molecule has 7 nitrogen and oxygen atoms in total. The predicted molar refractivity (Wildman–Crippen MR) is 125 cm³/mol. The number of halogens is 3. The predicted octanol–water partition coefficient (Wildman–Crippen LogP) is 4.62. The highest BCUT2D eigenvalue weighted by Crippen LogP contribution is 2.36. The lowest BCUT2D eigenvalue weighted by Gasteiger charge is -2.34. The molecule has 2 aromatic carbocycles. The number of phenolic OH excluding ortho intramolecular Hbond substituents is 1. The van der Waals surface area contributed by atoms with Gasteiger partial charge in [0.25, 0.3) is 0 Å². The van der Waals surface area contributed by atoms with Crippen molar-refractivity contribution in [1.82, 2.24) is 19.5 Å². The lowest BCUT2D eigenvalue weighted by molar-refractivity contribution is -0.137. The summed E-state index contributed by atoms with van der Waals surface area (Å²) in [6.07, 6.45) is -3.13. The van der Waals surface area contributed by atoms with Crippen LogP contribution in [0.5, 0.6) is 5.75 Å². The molecule has 1 aliphatic rings. The summed E-state index contributed by atoms with van der Waals surface area (Å²) < 4.78 is 41.0. The van der Waals surface area contributed by atoms with Crippen molar-refractivity contribution in [2.75, 3.05) is 43.4 Å². The van der Waals surface area contributed by atoms with Gasteiger partial charge >= 0.3 is 6.18 Å². The van der Waals surface area contributed by atoms with Crippen molar-refractivity contribution in [1.29, 1.82) is 0 Å². The van der Waals surface area contributed by atoms with E-state index in [-0.39, 0.29) is 17.0 Å². The summed E-state index contributed by atoms with van der Waals surface area (Å²) in [4.78, 5) is 8.86. The minimum absolute atomic E-state index is 0.00324. The molecule has 0 spiro atoms. The van der Waals surface area contributed by atoms with Crippen molar-refractivity contribution in [2.45, 2.75) is 6.18 Å². The van der Waals surface area contributed by atoms with Crippen molar-refractivity contribution in [3.8, 4) is 17.0 Å². The SMILES string of the molecule is CN1CCN(c2ccc(Nc3ccc4ncc(-c5cc(C(F)(F)F)ccc5O)n4n3)cc2)CC1. The highest BCUT2D eigenvalue weighted by Gasteiger charge is 2.31. The van der Waals surface area contributed by atoms with Crippen LogP contribution in [0.2, 0.25) is 0 Å². The summed E-state index contributed by atoms with van der Waals surface area (Å²) in [6.45, 7) is 4.01. The Bertz CT molecular complexity index is 1310. The molecule has 2 aromatic heterocycles. The molecule has 10 heteroatoms. The van der Waals surface area contributed by atoms with E-state index in [9.17, 15) is 18.3 Å². The zero-order valence-corrected chi connectivity index (χ0v) is 18.4. The van der Waals surface area contributed by atoms with Gasteiger partial charge in [0.15, 0.2) is 11.5 Å². The van der Waals surface area contributed by atoms with Gasteiger partial charge in [0, 0.05) is 43.1 Å². The quantitative estimate of drug-likeness (QED) is 0.456. The second-order valence-corrected chi connectivity index (χ2v) is 8.32. The Kier molecular flexibility index (Phi) is 5.52. The zero-order chi connectivity index (χ0) is 23.9. The van der Waals surface area contributed by atoms with Crippen LogP contribution in [0, 0.1) is 0 Å². The van der Waals surface area contributed by atoms with Gasteiger partial charge in [-0.3, -0.25) is 0 Å². The second kappa shape index (κ2) is 8.53. The van der Waals surface area contributed by atoms with Crippen LogP contribution in [0.15, 0.2) is 60.8 Å². The lowest BCUT2D eigenvalue weighted by atomic mass is 10.1. The third kappa shape index (κ3) is 4.36. The van der Waals surface area contributed by atoms with E-state index in [1.807, 2.05) is 12.1 Å². The number of benzene rings is 2. The molecule has 5 rings (SSSR count). The van der Waals surface area contributed by atoms with Gasteiger partial charge in [0.1, 0.15) is 5.75 Å². The molecular weight excluding hydrogens is 445 g/mol. The Hall–Kier alpha value is -3.79. The molecule has 0 atom stereocenters. The largest absolute Gasteiger partial charge is 0.507 e. The second-order valence-electron chi connectivity index (χ2n) is 8.32. The van der Waals surface area contributed by atoms with Crippen molar-refractivity contribution in [3.05, 3.63) is 66.4 Å². The van der Waals surface area contributed by atoms with Gasteiger partial charge in [-0.25, -0.2) is 9.50 Å². The van der Waals surface area contributed by atoms with Crippen LogP contribution < -0.4 is 10.2 Å². The van der Waals surface area contributed by atoms with Crippen molar-refractivity contribution < 1.29 is 18.3 Å². The van der Waals surface area contributed by atoms with Crippen LogP contribution in [0.25, 0.3) is 16.9 Å². The molecule has 3 heterocycles. The van der Waals surface area contributed by atoms with Gasteiger partial charge in [0.05, 0.1) is 17.5 Å². The summed E-state index contributed by atoms with van der Waals surface area (Å²) in [7, 11) is 2.12. The maximum atomic E-state index is 13.2. The fourth-order valence-corrected chi connectivity index (χ4v) is 4.01. The zero-order valence-electron chi connectivity index (χ0n) is 18.4. The Balaban J connectivity index is 1.41. The summed E-state index contributed by atoms with van der Waals surface area (Å²) in [5, 5.41) is 17.9. The molecule has 0 amide bonds. The number of hydrogen-bond donors (Lipinski definition) is 2. The fraction of sp³-hybridized carbons (Fsp3) is 0.250. The van der Waals surface area contributed by atoms with Crippen LogP contribution in [-0.2, 0) is 6.18 Å². The average molecular weight is 468 g/mol. The number of nitrogens with zero attached hydrogens (tertiary/aromatic N) is 5. The van der Waals surface area contributed by atoms with E-state index in [1.54, 1.807) is 12.1 Å². The van der Waals surface area contributed by atoms with E-state index >= 15 is 0 Å². The fourth-order valence-electron chi connectivity index (χ4n) is 4.01. The molecule has 0 unspecified atom stereocenters. The van der Waals surface area contributed by atoms with Crippen LogP contribution in [0.1, 0.15) is 5.56 Å². The number of fused-ring (bicyclic) bond motifs is 1. The van der Waals surface area contributed by atoms with E-state index in [2.05, 4.69) is 44.4 Å². The summed E-state index contributed by atoms with van der Waals surface area (Å²) in [5.74, 6) is 0.208. The number of imidazole rings is 1. The van der Waals surface area contributed by atoms with Gasteiger partial charge in [-0.2, -0.15) is 13.2 Å². The number of rotatable bonds is 4. The number of nitrogens with one attached hydrogen (secondary N) is 1. The molecule has 0 saturated carbocycles. The highest BCUT2D eigenvalue weighted by molar-refractivity contribution is 5.71. The van der Waals surface area contributed by atoms with Gasteiger partial charge in [-0.15, -0.1) is 5.10 Å². The number of phenols is 1. The summed E-state index contributed by atoms with van der Waals surface area (Å²) >= 11 is 0. The highest BCUT2D eigenvalue weighted by atomic mass is 19.4. The van der Waals surface area contributed by atoms with E-state index < -0.39 is 11.7 Å². The first-order chi connectivity index (χ1) is 16.3. The molecule has 1 aliphatic heterocycles. The average Bonchev–Trinajstić information content (AvgIpc) is 3.23. The van der Waals surface area contributed by atoms with Gasteiger partial charge < -0.3 is 20.2 Å². The monoisotopic (exact) mass is 468 g/mol. The van der Waals surface area contributed by atoms with Crippen molar-refractivity contribution in [2.24, 2.45) is 0 Å². The molecular formula is C24H23F3N6O. The number of hydrogen-bond acceptors (Lipinski definition) is 6. The first-order valence-electron chi connectivity index (χ1n) is 10.8. The molecule has 176 valence electrons. The Morgan fingerprint density at radius 1 is 0.941 bits per heavy atom. The minimum atomic E-state index is -4.53. The van der Waals surface area contributed by atoms with E-state index in [4.69, 9.17) is 0 Å². The molecule has 2 N–H and O–H groups in total. The van der Waals surface area contributed by atoms with Crippen molar-refractivity contribution >= 4 is 22.8 Å². The molecule has 0 bridgehead atoms. The maximum absolute atomic E-state index is 13.2. The van der Waals surface area contributed by atoms with Gasteiger partial charge in [0.2, 0.25) is 0 Å². The molecule has 1 saturated heterocycles. The molecule has 34 heavy (non-hydrogen) atoms. The summed E-state index contributed by atoms with van der Waals surface area (Å²) in [6, 6.07) is 14.3. The Labute approximate surface area is 194 Å². The van der Waals surface area contributed by atoms with E-state index in [0.29, 0.717) is 11.5 Å². The number of aromatic nitrogens is 3. The number of alkyl halides is 3. The van der Waals surface area contributed by atoms with Crippen LogP contribution in [0.3, 0.4) is 0 Å². The third-order valence-electron chi connectivity index (χ3n) is 5.97. The third-order valence-corrected chi connectivity index (χ3v) is 5.97. The van der Waals surface area contributed by atoms with Crippen LogP contribution in [-0.4, -0.2) is 57.8 Å². The lowest BCUT2D eigenvalue weighted by Crippen LogP contribution is -2.44. The normalized spacial score (nSPS) is 15.1. The standard InChI is InChI=1S/C24H23F3N6O/c1-31-10-12-32(13-11-31)18-5-3-17(4-6-18)29-22-8-9-23-28-15-20(33(23)30-22)19-14-16(24(25,26)27)2-7-21(19)34/h2-9,14-15,34H,10-13H2,1H3,(H,29,30). The Morgan fingerprint density at radius 3 is 2.38 bits per heavy atom. The Morgan fingerprint density at radius 2 is 1.68 bits per heavy atom. The molecule has 1 fully saturated rings. The van der Waals surface area contributed by atoms with E-state index in [1.165, 1.54) is 10.7 Å². The van der Waals surface area contributed by atoms with Crippen molar-refractivity contribution in [3.63, 3.8) is 0 Å². The summed E-state index contributed by atoms with van der Waals surface area (Å²) in [5.41, 5.74) is 1.83. The number of aromatic hydroxyl groups is 1. The number of piperazine rings is 1. The minimum Gasteiger partial charge on any atom is -0.507 e. The van der Waals surface area contributed by atoms with Gasteiger partial charge in [-0.1, -0.05) is 0 Å². The molecule has 0 aliphatic carbocycles.